The number of anilines is 1. The van der Waals surface area contributed by atoms with E-state index in [1.54, 1.807) is 55.4 Å². The van der Waals surface area contributed by atoms with Gasteiger partial charge in [-0.15, -0.1) is 0 Å². The van der Waals surface area contributed by atoms with Crippen LogP contribution >= 0.6 is 0 Å². The van der Waals surface area contributed by atoms with Crippen LogP contribution in [-0.2, 0) is 30.1 Å². The van der Waals surface area contributed by atoms with Gasteiger partial charge in [-0.1, -0.05) is 0 Å². The predicted molar refractivity (Wildman–Crippen MR) is 144 cm³/mol. The van der Waals surface area contributed by atoms with Crippen LogP contribution in [-0.4, -0.2) is 61.9 Å². The minimum absolute atomic E-state index is 0.227. The summed E-state index contributed by atoms with van der Waals surface area (Å²) in [4.78, 5) is 33.9. The van der Waals surface area contributed by atoms with Crippen molar-refractivity contribution in [3.8, 4) is 0 Å². The Labute approximate surface area is 225 Å². The van der Waals surface area contributed by atoms with Gasteiger partial charge >= 0.3 is 19.4 Å². The molecule has 0 aliphatic carbocycles. The first kappa shape index (κ1) is 29.7. The summed E-state index contributed by atoms with van der Waals surface area (Å²) in [5, 5.41) is 3.27. The molecule has 1 aliphatic heterocycles. The maximum Gasteiger partial charge on any atom is 0.509 e. The van der Waals surface area contributed by atoms with Gasteiger partial charge in [-0.3, -0.25) is 5.32 Å². The normalized spacial score (nSPS) is 17.4. The van der Waals surface area contributed by atoms with E-state index in [2.05, 4.69) is 15.3 Å². The Morgan fingerprint density at radius 2 is 1.47 bits per heavy atom. The maximum atomic E-state index is 12.6. The van der Waals surface area contributed by atoms with Crippen molar-refractivity contribution in [1.29, 1.82) is 0 Å². The molecule has 1 fully saturated rings. The van der Waals surface area contributed by atoms with Crippen LogP contribution in [0.4, 0.5) is 15.4 Å². The second kappa shape index (κ2) is 9.71. The number of hydrogen-bond acceptors (Lipinski definition) is 9. The Kier molecular flexibility index (Phi) is 7.59. The number of fused-ring (bicyclic) bond motifs is 1. The molecule has 2 aromatic heterocycles. The summed E-state index contributed by atoms with van der Waals surface area (Å²) < 4.78 is 30.9. The number of nitrogens with one attached hydrogen (secondary N) is 1. The van der Waals surface area contributed by atoms with E-state index in [-0.39, 0.29) is 12.4 Å². The first-order chi connectivity index (χ1) is 17.1. The van der Waals surface area contributed by atoms with Gasteiger partial charge in [-0.25, -0.2) is 19.6 Å². The quantitative estimate of drug-likeness (QED) is 0.427. The zero-order chi connectivity index (χ0) is 28.9. The summed E-state index contributed by atoms with van der Waals surface area (Å²) in [6, 6.07) is 0. The first-order valence-electron chi connectivity index (χ1n) is 12.7. The molecule has 12 heteroatoms. The van der Waals surface area contributed by atoms with E-state index >= 15 is 0 Å². The smallest absolute Gasteiger partial charge is 0.444 e. The van der Waals surface area contributed by atoms with Crippen molar-refractivity contribution >= 4 is 41.7 Å². The van der Waals surface area contributed by atoms with E-state index in [4.69, 9.17) is 23.5 Å². The second-order valence-corrected chi connectivity index (χ2v) is 13.2. The van der Waals surface area contributed by atoms with Gasteiger partial charge < -0.3 is 28.1 Å². The average molecular weight is 532 g/mol. The molecule has 0 atom stereocenters. The summed E-state index contributed by atoms with van der Waals surface area (Å²) in [5.74, 6) is 0.249. The van der Waals surface area contributed by atoms with Gasteiger partial charge in [0.2, 0.25) is 0 Å². The molecular formula is C26H41BN4O7. The molecule has 0 bridgehead atoms. The number of carbonyl (C=O) groups excluding carboxylic acids is 2. The zero-order valence-electron chi connectivity index (χ0n) is 24.6. The predicted octanol–water partition coefficient (Wildman–Crippen LogP) is 4.81. The molecule has 38 heavy (non-hydrogen) atoms. The highest BCUT2D eigenvalue weighted by atomic mass is 16.7. The number of hydrogen-bond donors (Lipinski definition) is 1. The van der Waals surface area contributed by atoms with Gasteiger partial charge in [0.25, 0.3) is 0 Å². The highest BCUT2D eigenvalue weighted by molar-refractivity contribution is 6.65. The first-order valence-corrected chi connectivity index (χ1v) is 12.7. The van der Waals surface area contributed by atoms with Crippen LogP contribution in [0.15, 0.2) is 12.5 Å². The molecule has 0 saturated carbocycles. The lowest BCUT2D eigenvalue weighted by atomic mass is 9.79. The van der Waals surface area contributed by atoms with E-state index < -0.39 is 47.4 Å². The largest absolute Gasteiger partial charge is 0.509 e. The zero-order valence-corrected chi connectivity index (χ0v) is 24.6. The summed E-state index contributed by atoms with van der Waals surface area (Å²) >= 11 is 0. The third-order valence-electron chi connectivity index (χ3n) is 6.11. The fourth-order valence-electron chi connectivity index (χ4n) is 3.86. The fraction of sp³-hybridized carbons (Fsp3) is 0.692. The molecule has 0 radical (unpaired) electrons. The standard InChI is InChI=1S/C26H41BN4O7/c1-22(2,3)34-20(32)30-18-17-16(27-37-25(9,10)26(11,12)38-27)13-31(19(17)29-15-28-18)14-24(7,8)36-21(33)35-23(4,5)6/h13,15H,14H2,1-12H3,(H,28,29,30,32). The lowest BCUT2D eigenvalue weighted by Gasteiger charge is -2.32. The number of amides is 1. The Hall–Kier alpha value is -2.86. The molecule has 0 unspecified atom stereocenters. The number of aromatic nitrogens is 3. The Bertz CT molecular complexity index is 1190. The summed E-state index contributed by atoms with van der Waals surface area (Å²) in [6.07, 6.45) is 1.74. The minimum atomic E-state index is -0.967. The monoisotopic (exact) mass is 532 g/mol. The molecule has 1 N–H and O–H groups in total. The fourth-order valence-corrected chi connectivity index (χ4v) is 3.86. The van der Waals surface area contributed by atoms with Crippen LogP contribution in [0.2, 0.25) is 0 Å². The maximum absolute atomic E-state index is 12.6. The molecule has 1 saturated heterocycles. The van der Waals surface area contributed by atoms with Gasteiger partial charge in [-0.05, 0) is 83.1 Å². The van der Waals surface area contributed by atoms with Crippen molar-refractivity contribution in [2.75, 3.05) is 5.32 Å². The van der Waals surface area contributed by atoms with Crippen LogP contribution in [0.3, 0.4) is 0 Å². The van der Waals surface area contributed by atoms with Crippen LogP contribution in [0.1, 0.15) is 83.1 Å². The molecule has 2 aromatic rings. The Morgan fingerprint density at radius 3 is 2.00 bits per heavy atom. The van der Waals surface area contributed by atoms with Gasteiger partial charge in [0.1, 0.15) is 34.6 Å². The van der Waals surface area contributed by atoms with Gasteiger partial charge in [0.15, 0.2) is 0 Å². The molecule has 1 amide bonds. The minimum Gasteiger partial charge on any atom is -0.444 e. The average Bonchev–Trinajstić information content (AvgIpc) is 3.12. The van der Waals surface area contributed by atoms with Crippen molar-refractivity contribution in [1.82, 2.24) is 14.5 Å². The highest BCUT2D eigenvalue weighted by Crippen LogP contribution is 2.37. The van der Waals surface area contributed by atoms with Crippen molar-refractivity contribution in [3.05, 3.63) is 12.5 Å². The van der Waals surface area contributed by atoms with Gasteiger partial charge in [0.05, 0.1) is 23.1 Å². The summed E-state index contributed by atoms with van der Waals surface area (Å²) in [6.45, 7) is 22.3. The van der Waals surface area contributed by atoms with Crippen molar-refractivity contribution in [2.24, 2.45) is 0 Å². The van der Waals surface area contributed by atoms with Crippen LogP contribution < -0.4 is 10.8 Å². The van der Waals surface area contributed by atoms with E-state index in [1.165, 1.54) is 6.33 Å². The summed E-state index contributed by atoms with van der Waals surface area (Å²) in [7, 11) is -0.760. The Balaban J connectivity index is 2.05. The van der Waals surface area contributed by atoms with Crippen LogP contribution in [0.25, 0.3) is 11.0 Å². The summed E-state index contributed by atoms with van der Waals surface area (Å²) in [5.41, 5.74) is -2.42. The molecule has 3 rings (SSSR count). The topological polar surface area (TPSA) is 123 Å². The van der Waals surface area contributed by atoms with E-state index in [0.29, 0.717) is 16.5 Å². The third-order valence-corrected chi connectivity index (χ3v) is 6.11. The molecule has 1 aliphatic rings. The number of nitrogens with zero attached hydrogens (tertiary/aromatic N) is 3. The van der Waals surface area contributed by atoms with Crippen molar-refractivity contribution in [3.63, 3.8) is 0 Å². The lowest BCUT2D eigenvalue weighted by molar-refractivity contribution is -0.0579. The number of carbonyl (C=O) groups is 2. The van der Waals surface area contributed by atoms with Crippen molar-refractivity contribution < 1.29 is 33.1 Å². The Morgan fingerprint density at radius 1 is 0.921 bits per heavy atom. The number of rotatable bonds is 5. The SMILES string of the molecule is CC(C)(C)OC(=O)Nc1ncnc2c1c(B1OC(C)(C)C(C)(C)O1)cn2CC(C)(C)OC(=O)OC(C)(C)C. The van der Waals surface area contributed by atoms with E-state index in [9.17, 15) is 9.59 Å². The van der Waals surface area contributed by atoms with Crippen LogP contribution in [0, 0.1) is 0 Å². The van der Waals surface area contributed by atoms with E-state index in [0.717, 1.165) is 0 Å². The highest BCUT2D eigenvalue weighted by Gasteiger charge is 2.53. The van der Waals surface area contributed by atoms with Crippen LogP contribution in [0.5, 0.6) is 0 Å². The lowest BCUT2D eigenvalue weighted by Crippen LogP contribution is -2.41. The molecule has 3 heterocycles. The molecule has 0 spiro atoms. The number of ether oxygens (including phenoxy) is 3. The molecule has 11 nitrogen and oxygen atoms in total. The molecule has 210 valence electrons. The van der Waals surface area contributed by atoms with Gasteiger partial charge in [-0.2, -0.15) is 0 Å². The second-order valence-electron chi connectivity index (χ2n) is 13.2. The molecule has 0 aromatic carbocycles. The molecular weight excluding hydrogens is 491 g/mol. The third kappa shape index (κ3) is 6.96. The van der Waals surface area contributed by atoms with E-state index in [1.807, 2.05) is 38.5 Å². The van der Waals surface area contributed by atoms with Crippen molar-refractivity contribution in [2.45, 2.75) is 118 Å². The van der Waals surface area contributed by atoms with Gasteiger partial charge in [0, 0.05) is 11.7 Å².